The number of aliphatic hydroxyl groups is 2. The minimum atomic E-state index is -3.83. The third-order valence-electron chi connectivity index (χ3n) is 4.44. The zero-order valence-corrected chi connectivity index (χ0v) is 15.1. The molecular weight excluding hydrogens is 392 g/mol. The first-order valence-electron chi connectivity index (χ1n) is 8.49. The van der Waals surface area contributed by atoms with Crippen molar-refractivity contribution in [2.45, 2.75) is 31.3 Å². The van der Waals surface area contributed by atoms with Crippen molar-refractivity contribution >= 4 is 17.5 Å². The van der Waals surface area contributed by atoms with Crippen LogP contribution >= 0.6 is 0 Å². The summed E-state index contributed by atoms with van der Waals surface area (Å²) < 4.78 is 33.7. The summed E-state index contributed by atoms with van der Waals surface area (Å²) in [6, 6.07) is 6.87. The van der Waals surface area contributed by atoms with E-state index in [-0.39, 0.29) is 17.2 Å². The fourth-order valence-electron chi connectivity index (χ4n) is 2.82. The third kappa shape index (κ3) is 3.92. The highest BCUT2D eigenvalue weighted by Crippen LogP contribution is 2.41. The summed E-state index contributed by atoms with van der Waals surface area (Å²) in [5.74, 6) is -4.81. The van der Waals surface area contributed by atoms with Crippen molar-refractivity contribution in [2.75, 3.05) is 11.9 Å². The van der Waals surface area contributed by atoms with Gasteiger partial charge in [0.1, 0.15) is 11.9 Å². The molecule has 0 saturated carbocycles. The van der Waals surface area contributed by atoms with E-state index in [1.54, 1.807) is 0 Å². The summed E-state index contributed by atoms with van der Waals surface area (Å²) in [6.45, 7) is 0.527. The molecule has 0 radical (unpaired) electrons. The van der Waals surface area contributed by atoms with Crippen LogP contribution in [0, 0.1) is 0 Å². The Morgan fingerprint density at radius 2 is 1.86 bits per heavy atom. The summed E-state index contributed by atoms with van der Waals surface area (Å²) in [6.07, 6.45) is -5.06. The highest BCUT2D eigenvalue weighted by atomic mass is 19.3. The number of carbonyl (C=O) groups excluding carboxylic acids is 2. The number of ketones is 1. The first kappa shape index (κ1) is 20.7. The van der Waals surface area contributed by atoms with Crippen LogP contribution in [0.25, 0.3) is 0 Å². The van der Waals surface area contributed by atoms with Crippen LogP contribution in [0.2, 0.25) is 0 Å². The molecule has 2 heterocycles. The van der Waals surface area contributed by atoms with Gasteiger partial charge in [0.15, 0.2) is 11.9 Å². The predicted molar refractivity (Wildman–Crippen MR) is 94.8 cm³/mol. The van der Waals surface area contributed by atoms with Gasteiger partial charge in [-0.3, -0.25) is 14.2 Å². The SMILES string of the molecule is CC(=O)c1ccc(C(=O)Nc2ccn([C@@H]3O[C@H](CO)C(O)C3(F)F)c(=O)n2)cc1. The molecular formula is C18H17F2N3O6. The molecule has 0 spiro atoms. The van der Waals surface area contributed by atoms with Crippen LogP contribution in [0.15, 0.2) is 41.3 Å². The molecule has 1 fully saturated rings. The van der Waals surface area contributed by atoms with E-state index in [0.717, 1.165) is 12.3 Å². The van der Waals surface area contributed by atoms with E-state index in [1.165, 1.54) is 31.2 Å². The minimum absolute atomic E-state index is 0.165. The normalized spacial score (nSPS) is 23.0. The lowest BCUT2D eigenvalue weighted by atomic mass is 10.1. The van der Waals surface area contributed by atoms with Crippen molar-refractivity contribution in [1.29, 1.82) is 0 Å². The Balaban J connectivity index is 1.78. The molecule has 3 rings (SSSR count). The van der Waals surface area contributed by atoms with Gasteiger partial charge in [0.2, 0.25) is 6.23 Å². The predicted octanol–water partition coefficient (Wildman–Crippen LogP) is 0.584. The first-order chi connectivity index (χ1) is 13.6. The summed E-state index contributed by atoms with van der Waals surface area (Å²) in [5, 5.41) is 20.9. The first-order valence-corrected chi connectivity index (χ1v) is 8.49. The van der Waals surface area contributed by atoms with Crippen LogP contribution in [0.5, 0.6) is 0 Å². The number of amides is 1. The number of alkyl halides is 2. The van der Waals surface area contributed by atoms with Gasteiger partial charge >= 0.3 is 11.6 Å². The maximum atomic E-state index is 14.2. The zero-order chi connectivity index (χ0) is 21.3. The molecule has 1 saturated heterocycles. The van der Waals surface area contributed by atoms with Crippen LogP contribution in [-0.2, 0) is 4.74 Å². The summed E-state index contributed by atoms with van der Waals surface area (Å²) in [4.78, 5) is 39.2. The van der Waals surface area contributed by atoms with Crippen LogP contribution < -0.4 is 11.0 Å². The van der Waals surface area contributed by atoms with E-state index in [9.17, 15) is 28.3 Å². The number of ether oxygens (including phenoxy) is 1. The van der Waals surface area contributed by atoms with Gasteiger partial charge < -0.3 is 20.3 Å². The molecule has 3 atom stereocenters. The van der Waals surface area contributed by atoms with Gasteiger partial charge in [0, 0.05) is 17.3 Å². The topological polar surface area (TPSA) is 131 Å². The van der Waals surface area contributed by atoms with Crippen molar-refractivity contribution in [3.63, 3.8) is 0 Å². The van der Waals surface area contributed by atoms with Gasteiger partial charge in [-0.2, -0.15) is 13.8 Å². The maximum absolute atomic E-state index is 14.2. The number of aliphatic hydroxyl groups excluding tert-OH is 2. The number of carbonyl (C=O) groups is 2. The number of hydrogen-bond donors (Lipinski definition) is 3. The molecule has 1 aliphatic heterocycles. The molecule has 1 amide bonds. The standard InChI is InChI=1S/C18H17F2N3O6/c1-9(25)10-2-4-11(5-3-10)15(27)21-13-6-7-23(17(28)22-13)16-18(19,20)14(26)12(8-24)29-16/h2-7,12,14,16,24,26H,8H2,1H3,(H,21,22,27,28)/t12-,14?,16-/m1/s1. The summed E-state index contributed by atoms with van der Waals surface area (Å²) in [5.41, 5.74) is -0.533. The summed E-state index contributed by atoms with van der Waals surface area (Å²) in [7, 11) is 0. The van der Waals surface area contributed by atoms with Crippen molar-refractivity contribution < 1.29 is 33.3 Å². The van der Waals surface area contributed by atoms with Crippen LogP contribution in [0.3, 0.4) is 0 Å². The van der Waals surface area contributed by atoms with E-state index in [2.05, 4.69) is 10.3 Å². The average Bonchev–Trinajstić information content (AvgIpc) is 2.91. The van der Waals surface area contributed by atoms with Crippen molar-refractivity contribution in [2.24, 2.45) is 0 Å². The van der Waals surface area contributed by atoms with E-state index in [0.29, 0.717) is 10.1 Å². The van der Waals surface area contributed by atoms with E-state index < -0.39 is 42.6 Å². The van der Waals surface area contributed by atoms with Gasteiger partial charge in [-0.05, 0) is 25.1 Å². The molecule has 1 aromatic carbocycles. The lowest BCUT2D eigenvalue weighted by molar-refractivity contribution is -0.140. The van der Waals surface area contributed by atoms with Gasteiger partial charge in [-0.25, -0.2) is 4.79 Å². The Morgan fingerprint density at radius 1 is 1.24 bits per heavy atom. The molecule has 0 bridgehead atoms. The highest BCUT2D eigenvalue weighted by molar-refractivity contribution is 6.04. The monoisotopic (exact) mass is 409 g/mol. The number of nitrogens with zero attached hydrogens (tertiary/aromatic N) is 2. The molecule has 2 aromatic rings. The van der Waals surface area contributed by atoms with Crippen LogP contribution in [-0.4, -0.2) is 56.2 Å². The smallest absolute Gasteiger partial charge is 0.351 e. The van der Waals surface area contributed by atoms with Gasteiger partial charge in [-0.1, -0.05) is 12.1 Å². The Labute approximate surface area is 162 Å². The van der Waals surface area contributed by atoms with Crippen molar-refractivity contribution in [3.05, 3.63) is 58.1 Å². The Bertz CT molecular complexity index is 992. The molecule has 11 heteroatoms. The van der Waals surface area contributed by atoms with E-state index in [1.807, 2.05) is 0 Å². The number of hydrogen-bond acceptors (Lipinski definition) is 7. The highest BCUT2D eigenvalue weighted by Gasteiger charge is 2.59. The Morgan fingerprint density at radius 3 is 2.38 bits per heavy atom. The number of halogens is 2. The molecule has 0 aliphatic carbocycles. The fraction of sp³-hybridized carbons (Fsp3) is 0.333. The van der Waals surface area contributed by atoms with E-state index in [4.69, 9.17) is 9.84 Å². The second kappa shape index (κ2) is 7.78. The molecule has 154 valence electrons. The number of anilines is 1. The molecule has 9 nitrogen and oxygen atoms in total. The molecule has 1 unspecified atom stereocenters. The second-order valence-corrected chi connectivity index (χ2v) is 6.42. The lowest BCUT2D eigenvalue weighted by Gasteiger charge is -2.21. The number of aromatic nitrogens is 2. The molecule has 1 aliphatic rings. The quantitative estimate of drug-likeness (QED) is 0.616. The zero-order valence-electron chi connectivity index (χ0n) is 15.1. The van der Waals surface area contributed by atoms with E-state index >= 15 is 0 Å². The minimum Gasteiger partial charge on any atom is -0.394 e. The number of Topliss-reactive ketones (excluding diaryl/α,β-unsaturated/α-hetero) is 1. The number of nitrogens with one attached hydrogen (secondary N) is 1. The number of rotatable bonds is 5. The summed E-state index contributed by atoms with van der Waals surface area (Å²) >= 11 is 0. The van der Waals surface area contributed by atoms with Gasteiger partial charge in [0.05, 0.1) is 6.61 Å². The molecule has 1 aromatic heterocycles. The maximum Gasteiger partial charge on any atom is 0.351 e. The number of benzene rings is 1. The van der Waals surface area contributed by atoms with Gasteiger partial charge in [-0.15, -0.1) is 0 Å². The largest absolute Gasteiger partial charge is 0.394 e. The van der Waals surface area contributed by atoms with Crippen LogP contribution in [0.1, 0.15) is 33.9 Å². The lowest BCUT2D eigenvalue weighted by Crippen LogP contribution is -2.41. The van der Waals surface area contributed by atoms with Crippen molar-refractivity contribution in [1.82, 2.24) is 9.55 Å². The third-order valence-corrected chi connectivity index (χ3v) is 4.44. The molecule has 29 heavy (non-hydrogen) atoms. The fourth-order valence-corrected chi connectivity index (χ4v) is 2.82. The Hall–Kier alpha value is -3.02. The van der Waals surface area contributed by atoms with Crippen LogP contribution in [0.4, 0.5) is 14.6 Å². The Kier molecular flexibility index (Phi) is 5.55. The van der Waals surface area contributed by atoms with Crippen molar-refractivity contribution in [3.8, 4) is 0 Å². The average molecular weight is 409 g/mol. The second-order valence-electron chi connectivity index (χ2n) is 6.42. The van der Waals surface area contributed by atoms with Gasteiger partial charge in [0.25, 0.3) is 5.91 Å². The molecule has 3 N–H and O–H groups in total.